The number of benzene rings is 1. The predicted molar refractivity (Wildman–Crippen MR) is 136 cm³/mol. The second kappa shape index (κ2) is 10.7. The summed E-state index contributed by atoms with van der Waals surface area (Å²) >= 11 is 0. The van der Waals surface area contributed by atoms with E-state index < -0.39 is 42.7 Å². The molecule has 0 saturated carbocycles. The molecule has 2 aromatic rings. The van der Waals surface area contributed by atoms with Gasteiger partial charge in [-0.1, -0.05) is 0 Å². The SMILES string of the molecule is CC(C)(C)OC(=O)N1CCN(c2ccc3nccc(C(=O)NC[C@H](O)N4CC(F)(F)C[C@H]4C#N)c3c2)CC1. The summed E-state index contributed by atoms with van der Waals surface area (Å²) in [5.41, 5.74) is 1.21. The molecular formula is C26H32F2N6O4. The molecule has 0 radical (unpaired) electrons. The molecule has 2 aliphatic rings. The van der Waals surface area contributed by atoms with Crippen LogP contribution in [0.3, 0.4) is 0 Å². The third-order valence-corrected chi connectivity index (χ3v) is 6.55. The molecule has 12 heteroatoms. The molecule has 3 heterocycles. The number of nitriles is 1. The minimum Gasteiger partial charge on any atom is -0.444 e. The molecule has 2 N–H and O–H groups in total. The summed E-state index contributed by atoms with van der Waals surface area (Å²) in [6.45, 7) is 6.56. The van der Waals surface area contributed by atoms with Gasteiger partial charge in [-0.15, -0.1) is 0 Å². The van der Waals surface area contributed by atoms with E-state index in [0.29, 0.717) is 42.6 Å². The Hall–Kier alpha value is -3.56. The molecule has 1 aromatic carbocycles. The molecule has 1 aromatic heterocycles. The van der Waals surface area contributed by atoms with E-state index in [0.717, 1.165) is 10.6 Å². The summed E-state index contributed by atoms with van der Waals surface area (Å²) in [6, 6.07) is 7.76. The van der Waals surface area contributed by atoms with Crippen LogP contribution in [0.5, 0.6) is 0 Å². The van der Waals surface area contributed by atoms with E-state index in [1.807, 2.05) is 32.9 Å². The number of aliphatic hydroxyl groups excluding tert-OH is 1. The molecule has 0 unspecified atom stereocenters. The highest BCUT2D eigenvalue weighted by Gasteiger charge is 2.47. The summed E-state index contributed by atoms with van der Waals surface area (Å²) in [5, 5.41) is 22.7. The van der Waals surface area contributed by atoms with Gasteiger partial charge in [0.1, 0.15) is 17.9 Å². The summed E-state index contributed by atoms with van der Waals surface area (Å²) in [7, 11) is 0. The number of nitrogens with one attached hydrogen (secondary N) is 1. The molecule has 204 valence electrons. The average molecular weight is 531 g/mol. The van der Waals surface area contributed by atoms with E-state index in [-0.39, 0.29) is 12.6 Å². The van der Waals surface area contributed by atoms with Crippen LogP contribution in [0.25, 0.3) is 10.9 Å². The first-order valence-corrected chi connectivity index (χ1v) is 12.5. The predicted octanol–water partition coefficient (Wildman–Crippen LogP) is 2.57. The number of carbonyl (C=O) groups excluding carboxylic acids is 2. The van der Waals surface area contributed by atoms with Crippen molar-refractivity contribution in [2.75, 3.05) is 44.2 Å². The van der Waals surface area contributed by atoms with Crippen LogP contribution in [0.15, 0.2) is 30.5 Å². The van der Waals surface area contributed by atoms with Gasteiger partial charge < -0.3 is 25.0 Å². The number of anilines is 1. The molecule has 0 spiro atoms. The summed E-state index contributed by atoms with van der Waals surface area (Å²) in [5.74, 6) is -3.57. The number of fused-ring (bicyclic) bond motifs is 1. The number of hydrogen-bond acceptors (Lipinski definition) is 8. The van der Waals surface area contributed by atoms with Crippen molar-refractivity contribution in [1.82, 2.24) is 20.1 Å². The first-order chi connectivity index (χ1) is 17.9. The maximum Gasteiger partial charge on any atom is 0.410 e. The number of aliphatic hydroxyl groups is 1. The number of likely N-dealkylation sites (tertiary alicyclic amines) is 1. The molecule has 38 heavy (non-hydrogen) atoms. The molecule has 2 atom stereocenters. The zero-order chi connectivity index (χ0) is 27.7. The fourth-order valence-corrected chi connectivity index (χ4v) is 4.67. The summed E-state index contributed by atoms with van der Waals surface area (Å²) < 4.78 is 32.9. The van der Waals surface area contributed by atoms with E-state index in [2.05, 4.69) is 15.2 Å². The smallest absolute Gasteiger partial charge is 0.410 e. The van der Waals surface area contributed by atoms with Crippen LogP contribution in [0.2, 0.25) is 0 Å². The minimum atomic E-state index is -3.07. The van der Waals surface area contributed by atoms with Crippen LogP contribution in [0, 0.1) is 11.3 Å². The number of carbonyl (C=O) groups is 2. The van der Waals surface area contributed by atoms with Gasteiger partial charge in [-0.2, -0.15) is 5.26 Å². The lowest BCUT2D eigenvalue weighted by Crippen LogP contribution is -2.50. The first kappa shape index (κ1) is 27.5. The highest BCUT2D eigenvalue weighted by atomic mass is 19.3. The highest BCUT2D eigenvalue weighted by molar-refractivity contribution is 6.06. The van der Waals surface area contributed by atoms with Gasteiger partial charge in [-0.3, -0.25) is 14.7 Å². The quantitative estimate of drug-likeness (QED) is 0.605. The number of hydrogen-bond donors (Lipinski definition) is 2. The number of amides is 2. The lowest BCUT2D eigenvalue weighted by molar-refractivity contribution is -0.0305. The Morgan fingerprint density at radius 3 is 2.63 bits per heavy atom. The Kier molecular flexibility index (Phi) is 7.71. The van der Waals surface area contributed by atoms with Crippen molar-refractivity contribution < 1.29 is 28.2 Å². The Morgan fingerprint density at radius 1 is 1.26 bits per heavy atom. The van der Waals surface area contributed by atoms with Crippen LogP contribution in [-0.4, -0.2) is 95.0 Å². The zero-order valence-electron chi connectivity index (χ0n) is 21.7. The van der Waals surface area contributed by atoms with E-state index in [1.165, 1.54) is 6.20 Å². The fraction of sp³-hybridized carbons (Fsp3) is 0.538. The van der Waals surface area contributed by atoms with Crippen LogP contribution >= 0.6 is 0 Å². The van der Waals surface area contributed by atoms with Gasteiger partial charge in [0.2, 0.25) is 0 Å². The Morgan fingerprint density at radius 2 is 1.97 bits per heavy atom. The van der Waals surface area contributed by atoms with E-state index in [1.54, 1.807) is 23.1 Å². The van der Waals surface area contributed by atoms with Gasteiger partial charge in [0.25, 0.3) is 11.8 Å². The van der Waals surface area contributed by atoms with Crippen LogP contribution in [0.4, 0.5) is 19.3 Å². The van der Waals surface area contributed by atoms with Crippen molar-refractivity contribution in [3.8, 4) is 6.07 Å². The van der Waals surface area contributed by atoms with Crippen molar-refractivity contribution in [2.45, 2.75) is 51.0 Å². The second-order valence-electron chi connectivity index (χ2n) is 10.6. The number of nitrogens with zero attached hydrogens (tertiary/aromatic N) is 5. The van der Waals surface area contributed by atoms with Gasteiger partial charge in [0.05, 0.1) is 30.2 Å². The number of ether oxygens (including phenoxy) is 1. The van der Waals surface area contributed by atoms with Gasteiger partial charge >= 0.3 is 6.09 Å². The van der Waals surface area contributed by atoms with Gasteiger partial charge in [-0.25, -0.2) is 13.6 Å². The summed E-state index contributed by atoms with van der Waals surface area (Å²) in [6.07, 6.45) is -0.931. The van der Waals surface area contributed by atoms with Crippen LogP contribution in [-0.2, 0) is 4.74 Å². The van der Waals surface area contributed by atoms with Crippen LogP contribution < -0.4 is 10.2 Å². The Balaban J connectivity index is 1.43. The maximum atomic E-state index is 13.7. The number of alkyl halides is 2. The number of pyridine rings is 1. The Labute approximate surface area is 219 Å². The molecule has 10 nitrogen and oxygen atoms in total. The standard InChI is InChI=1S/C26H32F2N6O4/c1-25(2,3)38-24(37)33-10-8-32(9-11-33)17-4-5-21-20(12-17)19(6-7-30-21)23(36)31-15-22(35)34-16-26(27,28)13-18(34)14-29/h4-7,12,18,22,35H,8-11,13,15-16H2,1-3H3,(H,31,36)/t18-,22-/m0/s1. The molecular weight excluding hydrogens is 498 g/mol. The number of halogens is 2. The number of piperazine rings is 1. The van der Waals surface area contributed by atoms with Crippen molar-refractivity contribution in [3.05, 3.63) is 36.0 Å². The van der Waals surface area contributed by atoms with Crippen molar-refractivity contribution >= 4 is 28.6 Å². The first-order valence-electron chi connectivity index (χ1n) is 12.5. The number of aromatic nitrogens is 1. The molecule has 2 fully saturated rings. The molecule has 2 amide bonds. The third-order valence-electron chi connectivity index (χ3n) is 6.55. The molecule has 0 bridgehead atoms. The van der Waals surface area contributed by atoms with E-state index in [4.69, 9.17) is 10.00 Å². The third kappa shape index (κ3) is 6.28. The molecule has 4 rings (SSSR count). The fourth-order valence-electron chi connectivity index (χ4n) is 4.67. The maximum absolute atomic E-state index is 13.7. The van der Waals surface area contributed by atoms with Gasteiger partial charge in [-0.05, 0) is 45.0 Å². The second-order valence-corrected chi connectivity index (χ2v) is 10.6. The van der Waals surface area contributed by atoms with Crippen molar-refractivity contribution in [1.29, 1.82) is 5.26 Å². The number of rotatable bonds is 5. The van der Waals surface area contributed by atoms with E-state index in [9.17, 15) is 23.5 Å². The van der Waals surface area contributed by atoms with E-state index >= 15 is 0 Å². The largest absolute Gasteiger partial charge is 0.444 e. The summed E-state index contributed by atoms with van der Waals surface area (Å²) in [4.78, 5) is 34.5. The average Bonchev–Trinajstić information content (AvgIpc) is 3.20. The lowest BCUT2D eigenvalue weighted by atomic mass is 10.1. The normalized spacial score (nSPS) is 20.7. The van der Waals surface area contributed by atoms with Gasteiger partial charge in [0.15, 0.2) is 0 Å². The topological polar surface area (TPSA) is 122 Å². The highest BCUT2D eigenvalue weighted by Crippen LogP contribution is 2.32. The Bertz CT molecular complexity index is 1240. The molecule has 0 aliphatic carbocycles. The minimum absolute atomic E-state index is 0.316. The van der Waals surface area contributed by atoms with Crippen molar-refractivity contribution in [3.63, 3.8) is 0 Å². The van der Waals surface area contributed by atoms with Crippen LogP contribution in [0.1, 0.15) is 37.6 Å². The lowest BCUT2D eigenvalue weighted by Gasteiger charge is -2.36. The van der Waals surface area contributed by atoms with Gasteiger partial charge in [0, 0.05) is 49.9 Å². The monoisotopic (exact) mass is 530 g/mol. The molecule has 2 saturated heterocycles. The zero-order valence-corrected chi connectivity index (χ0v) is 21.7. The molecule has 2 aliphatic heterocycles. The van der Waals surface area contributed by atoms with Crippen molar-refractivity contribution in [2.24, 2.45) is 0 Å².